The first-order valence-electron chi connectivity index (χ1n) is 8.37. The van der Waals surface area contributed by atoms with Gasteiger partial charge in [-0.1, -0.05) is 6.07 Å². The van der Waals surface area contributed by atoms with Gasteiger partial charge in [0.2, 0.25) is 5.91 Å². The molecule has 0 aliphatic carbocycles. The molecule has 142 valence electrons. The Morgan fingerprint density at radius 1 is 1.15 bits per heavy atom. The minimum Gasteiger partial charge on any atom is -0.493 e. The predicted octanol–water partition coefficient (Wildman–Crippen LogP) is 1.84. The topological polar surface area (TPSA) is 85.4 Å². The smallest absolute Gasteiger partial charge is 0.326 e. The number of nitrogens with zero attached hydrogens (tertiary/aromatic N) is 1. The second-order valence-corrected chi connectivity index (χ2v) is 5.96. The van der Waals surface area contributed by atoms with Gasteiger partial charge in [0.25, 0.3) is 0 Å². The highest BCUT2D eigenvalue weighted by Crippen LogP contribution is 2.27. The summed E-state index contributed by atoms with van der Waals surface area (Å²) < 4.78 is 25.1. The molecule has 2 aromatic carbocycles. The third kappa shape index (κ3) is 4.11. The Balaban J connectivity index is 1.60. The van der Waals surface area contributed by atoms with Crippen molar-refractivity contribution in [3.63, 3.8) is 0 Å². The summed E-state index contributed by atoms with van der Waals surface area (Å²) in [6.07, 6.45) is 0.175. The van der Waals surface area contributed by atoms with Gasteiger partial charge in [-0.3, -0.25) is 9.36 Å². The van der Waals surface area contributed by atoms with E-state index in [1.807, 2.05) is 0 Å². The Morgan fingerprint density at radius 2 is 1.93 bits per heavy atom. The molecule has 1 heterocycles. The number of ether oxygens (including phenoxy) is 2. The summed E-state index contributed by atoms with van der Waals surface area (Å²) in [5.74, 6) is 0.553. The van der Waals surface area contributed by atoms with Crippen molar-refractivity contribution in [1.29, 1.82) is 0 Å². The number of hydrogen-bond acceptors (Lipinski definition) is 4. The number of halogens is 1. The van der Waals surface area contributed by atoms with E-state index < -0.39 is 5.82 Å². The van der Waals surface area contributed by atoms with Gasteiger partial charge in [0.05, 0.1) is 31.7 Å². The van der Waals surface area contributed by atoms with E-state index in [0.717, 1.165) is 5.56 Å². The van der Waals surface area contributed by atoms with Crippen LogP contribution in [0.3, 0.4) is 0 Å². The molecule has 0 aliphatic heterocycles. The van der Waals surface area contributed by atoms with Crippen LogP contribution < -0.4 is 20.5 Å². The normalized spacial score (nSPS) is 10.8. The molecule has 3 aromatic rings. The lowest BCUT2D eigenvalue weighted by Gasteiger charge is -2.10. The molecule has 7 nitrogen and oxygen atoms in total. The van der Waals surface area contributed by atoms with Crippen LogP contribution in [0.1, 0.15) is 5.56 Å². The summed E-state index contributed by atoms with van der Waals surface area (Å²) in [5.41, 5.74) is 1.46. The quantitative estimate of drug-likeness (QED) is 0.662. The maximum absolute atomic E-state index is 13.2. The number of benzene rings is 2. The summed E-state index contributed by atoms with van der Waals surface area (Å²) in [4.78, 5) is 26.8. The molecule has 0 saturated carbocycles. The van der Waals surface area contributed by atoms with Crippen molar-refractivity contribution in [3.8, 4) is 11.5 Å². The maximum atomic E-state index is 13.2. The summed E-state index contributed by atoms with van der Waals surface area (Å²) in [6.45, 7) is 0.554. The number of carbonyl (C=O) groups excluding carboxylic acids is 1. The molecule has 3 rings (SSSR count). The standard InChI is InChI=1S/C19H20FN3O4/c1-26-16-6-3-12(9-17(16)27-2)10-18(24)21-7-8-23-15-5-4-13(20)11-14(15)22-19(23)25/h3-6,9,11H,7-8,10H2,1-2H3,(H,21,24)(H,22,25). The number of rotatable bonds is 7. The molecule has 0 saturated heterocycles. The fourth-order valence-electron chi connectivity index (χ4n) is 2.90. The van der Waals surface area contributed by atoms with Crippen LogP contribution >= 0.6 is 0 Å². The van der Waals surface area contributed by atoms with Crippen LogP contribution in [0.5, 0.6) is 11.5 Å². The van der Waals surface area contributed by atoms with Gasteiger partial charge in [0.1, 0.15) is 5.82 Å². The van der Waals surface area contributed by atoms with Crippen molar-refractivity contribution < 1.29 is 18.7 Å². The van der Waals surface area contributed by atoms with Crippen LogP contribution in [0.25, 0.3) is 11.0 Å². The van der Waals surface area contributed by atoms with E-state index in [4.69, 9.17) is 9.47 Å². The molecule has 27 heavy (non-hydrogen) atoms. The largest absolute Gasteiger partial charge is 0.493 e. The van der Waals surface area contributed by atoms with E-state index in [2.05, 4.69) is 10.3 Å². The van der Waals surface area contributed by atoms with Gasteiger partial charge < -0.3 is 19.8 Å². The predicted molar refractivity (Wildman–Crippen MR) is 98.8 cm³/mol. The molecule has 2 N–H and O–H groups in total. The van der Waals surface area contributed by atoms with Crippen molar-refractivity contribution in [2.24, 2.45) is 0 Å². The number of H-pyrrole nitrogens is 1. The zero-order valence-electron chi connectivity index (χ0n) is 15.0. The molecule has 0 atom stereocenters. The number of hydrogen-bond donors (Lipinski definition) is 2. The fourth-order valence-corrected chi connectivity index (χ4v) is 2.90. The first-order chi connectivity index (χ1) is 13.0. The average molecular weight is 373 g/mol. The Bertz CT molecular complexity index is 1030. The molecule has 1 amide bonds. The molecule has 0 radical (unpaired) electrons. The highest BCUT2D eigenvalue weighted by atomic mass is 19.1. The molecule has 8 heteroatoms. The summed E-state index contributed by atoms with van der Waals surface area (Å²) in [7, 11) is 3.08. The zero-order valence-corrected chi connectivity index (χ0v) is 15.0. The Kier molecular flexibility index (Phi) is 5.44. The molecule has 0 unspecified atom stereocenters. The number of methoxy groups -OCH3 is 2. The van der Waals surface area contributed by atoms with Crippen molar-refractivity contribution in [1.82, 2.24) is 14.9 Å². The van der Waals surface area contributed by atoms with E-state index in [1.54, 1.807) is 25.3 Å². The first kappa shape index (κ1) is 18.5. The lowest BCUT2D eigenvalue weighted by molar-refractivity contribution is -0.120. The molecule has 0 bridgehead atoms. The Hall–Kier alpha value is -3.29. The van der Waals surface area contributed by atoms with Crippen LogP contribution in [0.2, 0.25) is 0 Å². The number of nitrogens with one attached hydrogen (secondary N) is 2. The monoisotopic (exact) mass is 373 g/mol. The zero-order chi connectivity index (χ0) is 19.4. The van der Waals surface area contributed by atoms with Crippen LogP contribution in [0.4, 0.5) is 4.39 Å². The Labute approximate surface area is 154 Å². The average Bonchev–Trinajstić information content (AvgIpc) is 2.96. The van der Waals surface area contributed by atoms with Crippen molar-refractivity contribution in [2.45, 2.75) is 13.0 Å². The fraction of sp³-hybridized carbons (Fsp3) is 0.263. The van der Waals surface area contributed by atoms with Gasteiger partial charge in [0.15, 0.2) is 11.5 Å². The lowest BCUT2D eigenvalue weighted by atomic mass is 10.1. The van der Waals surface area contributed by atoms with Gasteiger partial charge in [-0.05, 0) is 35.9 Å². The van der Waals surface area contributed by atoms with Crippen LogP contribution in [0.15, 0.2) is 41.2 Å². The highest BCUT2D eigenvalue weighted by molar-refractivity contribution is 5.79. The molecule has 0 spiro atoms. The highest BCUT2D eigenvalue weighted by Gasteiger charge is 2.10. The second kappa shape index (κ2) is 7.94. The van der Waals surface area contributed by atoms with Crippen LogP contribution in [0, 0.1) is 5.82 Å². The molecule has 0 fully saturated rings. The van der Waals surface area contributed by atoms with Crippen molar-refractivity contribution in [2.75, 3.05) is 20.8 Å². The number of aromatic nitrogens is 2. The van der Waals surface area contributed by atoms with E-state index in [-0.39, 0.29) is 31.1 Å². The van der Waals surface area contributed by atoms with Gasteiger partial charge in [0, 0.05) is 13.1 Å². The third-order valence-corrected chi connectivity index (χ3v) is 4.21. The SMILES string of the molecule is COc1ccc(CC(=O)NCCn2c(=O)[nH]c3cc(F)ccc32)cc1OC. The number of amides is 1. The van der Waals surface area contributed by atoms with Crippen molar-refractivity contribution >= 4 is 16.9 Å². The minimum atomic E-state index is -0.417. The molecule has 1 aromatic heterocycles. The van der Waals surface area contributed by atoms with Gasteiger partial charge >= 0.3 is 5.69 Å². The number of fused-ring (bicyclic) bond motifs is 1. The second-order valence-electron chi connectivity index (χ2n) is 5.96. The van der Waals surface area contributed by atoms with E-state index in [0.29, 0.717) is 22.5 Å². The summed E-state index contributed by atoms with van der Waals surface area (Å²) in [5, 5.41) is 2.78. The molecular weight excluding hydrogens is 353 g/mol. The van der Waals surface area contributed by atoms with E-state index in [9.17, 15) is 14.0 Å². The number of aromatic amines is 1. The first-order valence-corrected chi connectivity index (χ1v) is 8.37. The minimum absolute atomic E-state index is 0.175. The molecule has 0 aliphatic rings. The van der Waals surface area contributed by atoms with Gasteiger partial charge in [-0.25, -0.2) is 9.18 Å². The molecular formula is C19H20FN3O4. The maximum Gasteiger partial charge on any atom is 0.326 e. The van der Waals surface area contributed by atoms with Crippen molar-refractivity contribution in [3.05, 3.63) is 58.3 Å². The van der Waals surface area contributed by atoms with Gasteiger partial charge in [-0.2, -0.15) is 0 Å². The van der Waals surface area contributed by atoms with E-state index >= 15 is 0 Å². The van der Waals surface area contributed by atoms with Gasteiger partial charge in [-0.15, -0.1) is 0 Å². The third-order valence-electron chi connectivity index (χ3n) is 4.21. The summed E-state index contributed by atoms with van der Waals surface area (Å²) >= 11 is 0. The Morgan fingerprint density at radius 3 is 2.67 bits per heavy atom. The van der Waals surface area contributed by atoms with Crippen LogP contribution in [-0.2, 0) is 17.8 Å². The summed E-state index contributed by atoms with van der Waals surface area (Å²) in [6, 6.07) is 9.38. The van der Waals surface area contributed by atoms with Crippen LogP contribution in [-0.4, -0.2) is 36.2 Å². The van der Waals surface area contributed by atoms with E-state index in [1.165, 1.54) is 29.9 Å². The number of carbonyl (C=O) groups is 1. The lowest BCUT2D eigenvalue weighted by Crippen LogP contribution is -2.31. The number of imidazole rings is 1.